The van der Waals surface area contributed by atoms with Crippen molar-refractivity contribution in [1.82, 2.24) is 5.32 Å². The highest BCUT2D eigenvalue weighted by Gasteiger charge is 2.31. The fourth-order valence-electron chi connectivity index (χ4n) is 5.05. The molecular weight excluding hydrogens is 531 g/mol. The van der Waals surface area contributed by atoms with Crippen LogP contribution < -0.4 is 15.5 Å². The summed E-state index contributed by atoms with van der Waals surface area (Å²) in [6, 6.07) is 19.7. The number of alkyl halides is 3. The molecule has 1 saturated heterocycles. The first-order valence-corrected chi connectivity index (χ1v) is 14.0. The molecule has 4 rings (SSSR count). The van der Waals surface area contributed by atoms with Gasteiger partial charge in [0.05, 0.1) is 11.1 Å². The van der Waals surface area contributed by atoms with Crippen molar-refractivity contribution >= 4 is 23.2 Å². The molecule has 0 atom stereocenters. The van der Waals surface area contributed by atoms with Gasteiger partial charge in [-0.15, -0.1) is 0 Å². The van der Waals surface area contributed by atoms with E-state index < -0.39 is 17.6 Å². The molecule has 0 spiro atoms. The van der Waals surface area contributed by atoms with E-state index in [2.05, 4.69) is 39.8 Å². The molecule has 0 aromatic heterocycles. The van der Waals surface area contributed by atoms with Crippen molar-refractivity contribution < 1.29 is 27.5 Å². The lowest BCUT2D eigenvalue weighted by molar-refractivity contribution is -0.137. The Balaban J connectivity index is 1.49. The summed E-state index contributed by atoms with van der Waals surface area (Å²) in [6.07, 6.45) is -0.912. The van der Waals surface area contributed by atoms with Crippen molar-refractivity contribution in [2.45, 2.75) is 38.8 Å². The number of halogens is 3. The molecule has 0 aliphatic carbocycles. The van der Waals surface area contributed by atoms with E-state index in [0.29, 0.717) is 43.3 Å². The number of carbonyl (C=O) groups is 2. The third-order valence-corrected chi connectivity index (χ3v) is 7.23. The SMILES string of the molecule is CCOCCCNC(=O)c1cc(NC(=O)c2cccc(C(F)(F)F)c2)ccc1N1CCC(Cc2ccccc2)CC1. The van der Waals surface area contributed by atoms with Crippen molar-refractivity contribution in [3.8, 4) is 0 Å². The number of hydrogen-bond donors (Lipinski definition) is 2. The second-order valence-corrected chi connectivity index (χ2v) is 10.2. The van der Waals surface area contributed by atoms with Crippen molar-refractivity contribution in [3.05, 3.63) is 95.1 Å². The van der Waals surface area contributed by atoms with Crippen LogP contribution in [0.3, 0.4) is 0 Å². The van der Waals surface area contributed by atoms with Gasteiger partial charge in [-0.3, -0.25) is 9.59 Å². The first kappa shape index (κ1) is 30.1. The minimum absolute atomic E-state index is 0.119. The van der Waals surface area contributed by atoms with E-state index in [9.17, 15) is 22.8 Å². The van der Waals surface area contributed by atoms with E-state index in [-0.39, 0.29) is 11.5 Å². The van der Waals surface area contributed by atoms with Crippen LogP contribution in [-0.2, 0) is 17.3 Å². The van der Waals surface area contributed by atoms with Crippen LogP contribution >= 0.6 is 0 Å². The molecule has 41 heavy (non-hydrogen) atoms. The number of nitrogens with one attached hydrogen (secondary N) is 2. The Bertz CT molecular complexity index is 1310. The Morgan fingerprint density at radius 1 is 0.951 bits per heavy atom. The molecule has 1 aliphatic rings. The third-order valence-electron chi connectivity index (χ3n) is 7.23. The maximum absolute atomic E-state index is 13.3. The van der Waals surface area contributed by atoms with Gasteiger partial charge in [0.25, 0.3) is 11.8 Å². The van der Waals surface area contributed by atoms with E-state index in [1.54, 1.807) is 18.2 Å². The summed E-state index contributed by atoms with van der Waals surface area (Å²) in [5.41, 5.74) is 1.80. The van der Waals surface area contributed by atoms with Gasteiger partial charge in [-0.2, -0.15) is 13.2 Å². The lowest BCUT2D eigenvalue weighted by Gasteiger charge is -2.35. The lowest BCUT2D eigenvalue weighted by atomic mass is 9.89. The van der Waals surface area contributed by atoms with Gasteiger partial charge in [0, 0.05) is 49.8 Å². The topological polar surface area (TPSA) is 70.7 Å². The molecule has 0 saturated carbocycles. The van der Waals surface area contributed by atoms with Gasteiger partial charge in [-0.05, 0) is 80.5 Å². The molecule has 3 aromatic carbocycles. The van der Waals surface area contributed by atoms with Crippen LogP contribution in [0.15, 0.2) is 72.8 Å². The van der Waals surface area contributed by atoms with Crippen LogP contribution in [-0.4, -0.2) is 44.7 Å². The van der Waals surface area contributed by atoms with E-state index >= 15 is 0 Å². The number of benzene rings is 3. The van der Waals surface area contributed by atoms with E-state index in [1.165, 1.54) is 17.7 Å². The van der Waals surface area contributed by atoms with Crippen molar-refractivity contribution in [3.63, 3.8) is 0 Å². The quantitative estimate of drug-likeness (QED) is 0.257. The van der Waals surface area contributed by atoms with Crippen LogP contribution in [0.4, 0.5) is 24.5 Å². The average molecular weight is 568 g/mol. The molecule has 0 unspecified atom stereocenters. The summed E-state index contributed by atoms with van der Waals surface area (Å²) < 4.78 is 44.8. The van der Waals surface area contributed by atoms with Gasteiger partial charge >= 0.3 is 6.18 Å². The standard InChI is InChI=1S/C32H36F3N3O3/c1-2-41-19-7-16-36-31(40)28-22-27(37-30(39)25-10-6-11-26(21-25)32(33,34)35)12-13-29(28)38-17-14-24(15-18-38)20-23-8-4-3-5-9-23/h3-6,8-13,21-22,24H,2,7,14-20H2,1H3,(H,36,40)(H,37,39). The number of nitrogens with zero attached hydrogens (tertiary/aromatic N) is 1. The fraction of sp³-hybridized carbons (Fsp3) is 0.375. The van der Waals surface area contributed by atoms with Gasteiger partial charge < -0.3 is 20.3 Å². The third kappa shape index (κ3) is 8.57. The maximum Gasteiger partial charge on any atom is 0.416 e. The van der Waals surface area contributed by atoms with Crippen LogP contribution in [0.1, 0.15) is 58.0 Å². The molecule has 0 radical (unpaired) electrons. The van der Waals surface area contributed by atoms with Crippen LogP contribution in [0, 0.1) is 5.92 Å². The Morgan fingerprint density at radius 2 is 1.71 bits per heavy atom. The normalized spacial score (nSPS) is 14.1. The average Bonchev–Trinajstić information content (AvgIpc) is 2.97. The Kier molecular flexibility index (Phi) is 10.4. The minimum atomic E-state index is -4.56. The second kappa shape index (κ2) is 14.2. The molecule has 1 heterocycles. The lowest BCUT2D eigenvalue weighted by Crippen LogP contribution is -2.36. The van der Waals surface area contributed by atoms with Crippen molar-refractivity contribution in [2.75, 3.05) is 43.1 Å². The number of amides is 2. The summed E-state index contributed by atoms with van der Waals surface area (Å²) in [5, 5.41) is 5.59. The molecule has 6 nitrogen and oxygen atoms in total. The monoisotopic (exact) mass is 567 g/mol. The molecule has 2 N–H and O–H groups in total. The number of rotatable bonds is 11. The first-order chi connectivity index (χ1) is 19.7. The Morgan fingerprint density at radius 3 is 2.41 bits per heavy atom. The van der Waals surface area contributed by atoms with Crippen molar-refractivity contribution in [1.29, 1.82) is 0 Å². The molecule has 0 bridgehead atoms. The van der Waals surface area contributed by atoms with Gasteiger partial charge in [0.1, 0.15) is 0 Å². The Labute approximate surface area is 238 Å². The van der Waals surface area contributed by atoms with E-state index in [4.69, 9.17) is 4.74 Å². The van der Waals surface area contributed by atoms with Gasteiger partial charge in [-0.1, -0.05) is 36.4 Å². The van der Waals surface area contributed by atoms with Crippen LogP contribution in [0.5, 0.6) is 0 Å². The molecule has 2 amide bonds. The minimum Gasteiger partial charge on any atom is -0.382 e. The second-order valence-electron chi connectivity index (χ2n) is 10.2. The highest BCUT2D eigenvalue weighted by Crippen LogP contribution is 2.32. The number of carbonyl (C=O) groups excluding carboxylic acids is 2. The van der Waals surface area contributed by atoms with E-state index in [0.717, 1.165) is 50.2 Å². The van der Waals surface area contributed by atoms with Crippen molar-refractivity contribution in [2.24, 2.45) is 5.92 Å². The fourth-order valence-corrected chi connectivity index (χ4v) is 5.05. The highest BCUT2D eigenvalue weighted by molar-refractivity contribution is 6.06. The molecule has 3 aromatic rings. The molecular formula is C32H36F3N3O3. The van der Waals surface area contributed by atoms with Crippen LogP contribution in [0.2, 0.25) is 0 Å². The van der Waals surface area contributed by atoms with Gasteiger partial charge in [0.15, 0.2) is 0 Å². The maximum atomic E-state index is 13.3. The largest absolute Gasteiger partial charge is 0.416 e. The molecule has 9 heteroatoms. The van der Waals surface area contributed by atoms with Crippen LogP contribution in [0.25, 0.3) is 0 Å². The predicted octanol–water partition coefficient (Wildman–Crippen LogP) is 6.57. The smallest absolute Gasteiger partial charge is 0.382 e. The summed E-state index contributed by atoms with van der Waals surface area (Å²) in [6.45, 7) is 5.05. The number of ether oxygens (including phenoxy) is 1. The Hall–Kier alpha value is -3.85. The predicted molar refractivity (Wildman–Crippen MR) is 154 cm³/mol. The van der Waals surface area contributed by atoms with E-state index in [1.807, 2.05) is 13.0 Å². The zero-order valence-corrected chi connectivity index (χ0v) is 23.2. The molecule has 1 aliphatic heterocycles. The van der Waals surface area contributed by atoms with Gasteiger partial charge in [-0.25, -0.2) is 0 Å². The highest BCUT2D eigenvalue weighted by atomic mass is 19.4. The first-order valence-electron chi connectivity index (χ1n) is 14.0. The summed E-state index contributed by atoms with van der Waals surface area (Å²) in [4.78, 5) is 28.3. The number of piperidine rings is 1. The number of hydrogen-bond acceptors (Lipinski definition) is 4. The molecule has 1 fully saturated rings. The summed E-state index contributed by atoms with van der Waals surface area (Å²) >= 11 is 0. The zero-order valence-electron chi connectivity index (χ0n) is 23.2. The summed E-state index contributed by atoms with van der Waals surface area (Å²) in [5.74, 6) is -0.415. The van der Waals surface area contributed by atoms with Gasteiger partial charge in [0.2, 0.25) is 0 Å². The number of anilines is 2. The molecule has 218 valence electrons. The zero-order chi connectivity index (χ0) is 29.2. The summed E-state index contributed by atoms with van der Waals surface area (Å²) in [7, 11) is 0.